The number of fused-ring (bicyclic) bond motifs is 1. The maximum Gasteiger partial charge on any atom is 0.251 e. The average Bonchev–Trinajstić information content (AvgIpc) is 2.92. The molecule has 0 atom stereocenters. The quantitative estimate of drug-likeness (QED) is 0.839. The fourth-order valence-electron chi connectivity index (χ4n) is 3.01. The van der Waals surface area contributed by atoms with E-state index in [1.807, 2.05) is 36.4 Å². The zero-order valence-corrected chi connectivity index (χ0v) is 16.0. The van der Waals surface area contributed by atoms with Crippen LogP contribution in [-0.4, -0.2) is 18.1 Å². The molecule has 1 heterocycles. The van der Waals surface area contributed by atoms with Crippen LogP contribution in [0.2, 0.25) is 0 Å². The monoisotopic (exact) mass is 353 g/mol. The summed E-state index contributed by atoms with van der Waals surface area (Å²) in [5.74, 6) is 2.02. The first-order chi connectivity index (χ1) is 12.3. The van der Waals surface area contributed by atoms with Crippen LogP contribution >= 0.6 is 0 Å². The summed E-state index contributed by atoms with van der Waals surface area (Å²) in [6.07, 6.45) is 0.889. The highest BCUT2D eigenvalue weighted by atomic mass is 16.5. The van der Waals surface area contributed by atoms with Gasteiger partial charge in [-0.25, -0.2) is 0 Å². The van der Waals surface area contributed by atoms with Crippen LogP contribution in [0.1, 0.15) is 49.2 Å². The first kappa shape index (κ1) is 18.3. The molecule has 1 N–H and O–H groups in total. The van der Waals surface area contributed by atoms with Gasteiger partial charge in [0, 0.05) is 24.1 Å². The third-order valence-corrected chi connectivity index (χ3v) is 4.34. The van der Waals surface area contributed by atoms with E-state index in [9.17, 15) is 4.79 Å². The van der Waals surface area contributed by atoms with Gasteiger partial charge in [-0.1, -0.05) is 38.1 Å². The number of benzene rings is 2. The van der Waals surface area contributed by atoms with Gasteiger partial charge >= 0.3 is 0 Å². The van der Waals surface area contributed by atoms with Gasteiger partial charge in [0.05, 0.1) is 0 Å². The minimum absolute atomic E-state index is 0.0392. The lowest BCUT2D eigenvalue weighted by atomic mass is 10.0. The fourth-order valence-corrected chi connectivity index (χ4v) is 3.01. The highest BCUT2D eigenvalue weighted by Crippen LogP contribution is 2.41. The lowest BCUT2D eigenvalue weighted by Crippen LogP contribution is -2.27. The molecule has 26 heavy (non-hydrogen) atoms. The molecule has 0 unspecified atom stereocenters. The summed E-state index contributed by atoms with van der Waals surface area (Å²) in [7, 11) is 0. The number of carbonyl (C=O) groups is 1. The highest BCUT2D eigenvalue weighted by molar-refractivity contribution is 5.94. The second-order valence-electron chi connectivity index (χ2n) is 7.87. The van der Waals surface area contributed by atoms with Crippen molar-refractivity contribution in [3.05, 3.63) is 59.2 Å². The van der Waals surface area contributed by atoms with Crippen molar-refractivity contribution in [3.63, 3.8) is 0 Å². The Labute approximate surface area is 155 Å². The summed E-state index contributed by atoms with van der Waals surface area (Å²) in [5, 5.41) is 2.92. The van der Waals surface area contributed by atoms with Crippen LogP contribution in [-0.2, 0) is 13.0 Å². The Morgan fingerprint density at radius 3 is 2.62 bits per heavy atom. The van der Waals surface area contributed by atoms with E-state index in [1.165, 1.54) is 5.56 Å². The normalized spacial score (nSPS) is 14.7. The highest BCUT2D eigenvalue weighted by Gasteiger charge is 2.32. The molecule has 1 aliphatic heterocycles. The van der Waals surface area contributed by atoms with Crippen LogP contribution in [0.5, 0.6) is 11.5 Å². The van der Waals surface area contributed by atoms with Crippen LogP contribution in [0.4, 0.5) is 0 Å². The Bertz CT molecular complexity index is 778. The minimum atomic E-state index is -0.188. The molecule has 2 aromatic carbocycles. The van der Waals surface area contributed by atoms with E-state index in [1.54, 1.807) is 0 Å². The third-order valence-electron chi connectivity index (χ3n) is 4.34. The van der Waals surface area contributed by atoms with Crippen LogP contribution in [0, 0.1) is 5.92 Å². The van der Waals surface area contributed by atoms with Crippen LogP contribution < -0.4 is 14.8 Å². The Morgan fingerprint density at radius 2 is 1.92 bits per heavy atom. The van der Waals surface area contributed by atoms with Crippen molar-refractivity contribution in [2.75, 3.05) is 6.54 Å². The molecule has 1 amide bonds. The molecule has 1 aliphatic rings. The maximum atomic E-state index is 12.1. The van der Waals surface area contributed by atoms with Gasteiger partial charge < -0.3 is 14.8 Å². The van der Waals surface area contributed by atoms with Gasteiger partial charge in [-0.15, -0.1) is 0 Å². The largest absolute Gasteiger partial charge is 0.485 e. The van der Waals surface area contributed by atoms with E-state index < -0.39 is 0 Å². The van der Waals surface area contributed by atoms with Gasteiger partial charge in [-0.2, -0.15) is 0 Å². The second-order valence-corrected chi connectivity index (χ2v) is 7.87. The van der Waals surface area contributed by atoms with Gasteiger partial charge in [0.25, 0.3) is 5.91 Å². The summed E-state index contributed by atoms with van der Waals surface area (Å²) in [6.45, 7) is 9.44. The van der Waals surface area contributed by atoms with E-state index in [4.69, 9.17) is 9.47 Å². The maximum absolute atomic E-state index is 12.1. The minimum Gasteiger partial charge on any atom is -0.485 e. The van der Waals surface area contributed by atoms with Gasteiger partial charge in [0.1, 0.15) is 12.2 Å². The van der Waals surface area contributed by atoms with E-state index in [-0.39, 0.29) is 11.5 Å². The molecule has 0 bridgehead atoms. The molecule has 4 heteroatoms. The fraction of sp³-hybridized carbons (Fsp3) is 0.409. The standard InChI is InChI=1S/C22H27NO3/c1-15(2)13-23-21(24)17-10-8-16(9-11-17)14-25-19-7-5-6-18-12-22(3,4)26-20(18)19/h5-11,15H,12-14H2,1-4H3,(H,23,24). The molecule has 0 aliphatic carbocycles. The summed E-state index contributed by atoms with van der Waals surface area (Å²) in [4.78, 5) is 12.1. The number of rotatable bonds is 6. The van der Waals surface area contributed by atoms with Crippen molar-refractivity contribution >= 4 is 5.91 Å². The molecule has 0 aromatic heterocycles. The van der Waals surface area contributed by atoms with Crippen molar-refractivity contribution in [3.8, 4) is 11.5 Å². The smallest absolute Gasteiger partial charge is 0.251 e. The summed E-state index contributed by atoms with van der Waals surface area (Å²) in [5.41, 5.74) is 2.68. The summed E-state index contributed by atoms with van der Waals surface area (Å²) < 4.78 is 12.0. The molecule has 2 aromatic rings. The zero-order valence-electron chi connectivity index (χ0n) is 16.0. The van der Waals surface area contributed by atoms with Crippen molar-refractivity contribution in [1.82, 2.24) is 5.32 Å². The van der Waals surface area contributed by atoms with E-state index >= 15 is 0 Å². The lowest BCUT2D eigenvalue weighted by molar-refractivity contribution is 0.0949. The first-order valence-corrected chi connectivity index (χ1v) is 9.15. The van der Waals surface area contributed by atoms with Crippen LogP contribution in [0.25, 0.3) is 0 Å². The Morgan fingerprint density at radius 1 is 1.19 bits per heavy atom. The summed E-state index contributed by atoms with van der Waals surface area (Å²) in [6, 6.07) is 13.6. The van der Waals surface area contributed by atoms with E-state index in [0.29, 0.717) is 24.6 Å². The van der Waals surface area contributed by atoms with Crippen molar-refractivity contribution in [2.45, 2.75) is 46.3 Å². The molecule has 4 nitrogen and oxygen atoms in total. The number of amides is 1. The Hall–Kier alpha value is -2.49. The number of hydrogen-bond donors (Lipinski definition) is 1. The number of para-hydroxylation sites is 1. The molecule has 0 spiro atoms. The van der Waals surface area contributed by atoms with Crippen molar-refractivity contribution in [2.24, 2.45) is 5.92 Å². The number of ether oxygens (including phenoxy) is 2. The molecular formula is C22H27NO3. The molecule has 0 fully saturated rings. The van der Waals surface area contributed by atoms with Crippen LogP contribution in [0.15, 0.2) is 42.5 Å². The molecule has 0 saturated carbocycles. The van der Waals surface area contributed by atoms with Gasteiger partial charge in [-0.3, -0.25) is 4.79 Å². The zero-order chi connectivity index (χ0) is 18.7. The van der Waals surface area contributed by atoms with Crippen molar-refractivity contribution < 1.29 is 14.3 Å². The predicted molar refractivity (Wildman–Crippen MR) is 103 cm³/mol. The third kappa shape index (κ3) is 4.37. The molecule has 138 valence electrons. The Balaban J connectivity index is 1.62. The van der Waals surface area contributed by atoms with Crippen LogP contribution in [0.3, 0.4) is 0 Å². The molecule has 0 radical (unpaired) electrons. The lowest BCUT2D eigenvalue weighted by Gasteiger charge is -2.18. The Kier molecular flexibility index (Phi) is 5.21. The van der Waals surface area contributed by atoms with Gasteiger partial charge in [-0.05, 0) is 43.5 Å². The van der Waals surface area contributed by atoms with Gasteiger partial charge in [0.2, 0.25) is 0 Å². The molecule has 3 rings (SSSR count). The number of carbonyl (C=O) groups excluding carboxylic acids is 1. The predicted octanol–water partition coefficient (Wildman–Crippen LogP) is 4.36. The average molecular weight is 353 g/mol. The molecule has 0 saturated heterocycles. The SMILES string of the molecule is CC(C)CNC(=O)c1ccc(COc2cccc3c2OC(C)(C)C3)cc1. The van der Waals surface area contributed by atoms with E-state index in [2.05, 4.69) is 39.1 Å². The second kappa shape index (κ2) is 7.40. The number of nitrogens with one attached hydrogen (secondary N) is 1. The first-order valence-electron chi connectivity index (χ1n) is 9.15. The molecular weight excluding hydrogens is 326 g/mol. The van der Waals surface area contributed by atoms with E-state index in [0.717, 1.165) is 23.5 Å². The van der Waals surface area contributed by atoms with Crippen molar-refractivity contribution in [1.29, 1.82) is 0 Å². The van der Waals surface area contributed by atoms with Gasteiger partial charge in [0.15, 0.2) is 11.5 Å². The number of hydrogen-bond acceptors (Lipinski definition) is 3. The summed E-state index contributed by atoms with van der Waals surface area (Å²) >= 11 is 0. The topological polar surface area (TPSA) is 47.6 Å².